The Morgan fingerprint density at radius 2 is 2.25 bits per heavy atom. The summed E-state index contributed by atoms with van der Waals surface area (Å²) in [5.74, 6) is 0.394. The molecule has 0 aromatic heterocycles. The van der Waals surface area contributed by atoms with Crippen molar-refractivity contribution in [2.75, 3.05) is 18.4 Å². The molecule has 5 N–H and O–H groups in total. The van der Waals surface area contributed by atoms with Crippen molar-refractivity contribution in [2.24, 2.45) is 16.5 Å². The molecular weight excluding hydrogens is 224 g/mol. The smallest absolute Gasteiger partial charge is 0.193 e. The largest absolute Gasteiger partial charge is 0.370 e. The Bertz CT molecular complexity index is 376. The van der Waals surface area contributed by atoms with E-state index >= 15 is 0 Å². The first-order valence-electron chi connectivity index (χ1n) is 5.22. The van der Waals surface area contributed by atoms with Gasteiger partial charge in [0.1, 0.15) is 0 Å². The number of nitrogens with one attached hydrogen (secondary N) is 1. The summed E-state index contributed by atoms with van der Waals surface area (Å²) in [4.78, 5) is 4.03. The summed E-state index contributed by atoms with van der Waals surface area (Å²) in [6, 6.07) is 5.68. The van der Waals surface area contributed by atoms with Crippen molar-refractivity contribution in [2.45, 2.75) is 13.3 Å². The third-order valence-corrected chi connectivity index (χ3v) is 2.42. The van der Waals surface area contributed by atoms with Gasteiger partial charge in [0, 0.05) is 17.3 Å². The third-order valence-electron chi connectivity index (χ3n) is 2.07. The zero-order valence-electron chi connectivity index (χ0n) is 9.33. The van der Waals surface area contributed by atoms with Crippen LogP contribution in [-0.2, 0) is 6.42 Å². The number of hydrogen-bond donors (Lipinski definition) is 3. The van der Waals surface area contributed by atoms with Crippen LogP contribution in [0.2, 0.25) is 5.02 Å². The predicted molar refractivity (Wildman–Crippen MR) is 70.0 cm³/mol. The maximum absolute atomic E-state index is 6.09. The maximum atomic E-state index is 6.09. The molecule has 0 fully saturated rings. The average Bonchev–Trinajstić information content (AvgIpc) is 2.22. The number of nitrogens with zero attached hydrogens (tertiary/aromatic N) is 1. The summed E-state index contributed by atoms with van der Waals surface area (Å²) >= 11 is 6.09. The zero-order chi connectivity index (χ0) is 12.0. The highest BCUT2D eigenvalue weighted by molar-refractivity contribution is 6.31. The Kier molecular flexibility index (Phi) is 5.08. The molecule has 0 aliphatic heterocycles. The maximum Gasteiger partial charge on any atom is 0.193 e. The second-order valence-corrected chi connectivity index (χ2v) is 3.74. The van der Waals surface area contributed by atoms with Crippen molar-refractivity contribution in [3.8, 4) is 0 Å². The first-order chi connectivity index (χ1) is 7.67. The Hall–Kier alpha value is -1.26. The van der Waals surface area contributed by atoms with Gasteiger partial charge < -0.3 is 16.8 Å². The molecule has 1 aromatic carbocycles. The molecule has 0 heterocycles. The Morgan fingerprint density at radius 1 is 1.50 bits per heavy atom. The van der Waals surface area contributed by atoms with E-state index in [-0.39, 0.29) is 0 Å². The van der Waals surface area contributed by atoms with Crippen molar-refractivity contribution < 1.29 is 0 Å². The summed E-state index contributed by atoms with van der Waals surface area (Å²) in [6.07, 6.45) is 0.775. The van der Waals surface area contributed by atoms with Crippen LogP contribution in [0.15, 0.2) is 23.2 Å². The van der Waals surface area contributed by atoms with E-state index in [0.717, 1.165) is 17.7 Å². The van der Waals surface area contributed by atoms with Crippen molar-refractivity contribution in [3.05, 3.63) is 28.8 Å². The number of hydrogen-bond acceptors (Lipinski definition) is 2. The summed E-state index contributed by atoms with van der Waals surface area (Å²) in [5, 5.41) is 3.66. The van der Waals surface area contributed by atoms with Crippen LogP contribution in [0, 0.1) is 0 Å². The standard InChI is InChI=1S/C11H17ClN4/c1-2-15-11(14)16-9-4-3-8(5-6-13)10(12)7-9/h3-4,7H,2,5-6,13H2,1H3,(H3,14,15,16). The minimum absolute atomic E-state index is 0.394. The van der Waals surface area contributed by atoms with Gasteiger partial charge in [-0.3, -0.25) is 4.99 Å². The lowest BCUT2D eigenvalue weighted by Crippen LogP contribution is -2.22. The highest BCUT2D eigenvalue weighted by atomic mass is 35.5. The number of benzene rings is 1. The monoisotopic (exact) mass is 240 g/mol. The van der Waals surface area contributed by atoms with Gasteiger partial charge >= 0.3 is 0 Å². The van der Waals surface area contributed by atoms with E-state index < -0.39 is 0 Å². The first kappa shape index (κ1) is 12.8. The highest BCUT2D eigenvalue weighted by Crippen LogP contribution is 2.21. The van der Waals surface area contributed by atoms with E-state index in [2.05, 4.69) is 10.3 Å². The van der Waals surface area contributed by atoms with E-state index in [0.29, 0.717) is 24.1 Å². The molecule has 0 radical (unpaired) electrons. The second kappa shape index (κ2) is 6.35. The lowest BCUT2D eigenvalue weighted by atomic mass is 10.1. The Balaban J connectivity index is 2.77. The molecule has 88 valence electrons. The van der Waals surface area contributed by atoms with Crippen molar-refractivity contribution >= 4 is 23.2 Å². The van der Waals surface area contributed by atoms with Gasteiger partial charge in [-0.25, -0.2) is 0 Å². The lowest BCUT2D eigenvalue weighted by molar-refractivity contribution is 0.969. The third kappa shape index (κ3) is 3.72. The highest BCUT2D eigenvalue weighted by Gasteiger charge is 2.01. The van der Waals surface area contributed by atoms with E-state index in [4.69, 9.17) is 23.1 Å². The molecule has 0 saturated carbocycles. The minimum Gasteiger partial charge on any atom is -0.370 e. The number of aliphatic imine (C=N–C) groups is 1. The Labute approximate surface area is 101 Å². The fraction of sp³-hybridized carbons (Fsp3) is 0.364. The van der Waals surface area contributed by atoms with Crippen LogP contribution in [0.3, 0.4) is 0 Å². The number of rotatable bonds is 4. The molecule has 0 unspecified atom stereocenters. The second-order valence-electron chi connectivity index (χ2n) is 3.33. The lowest BCUT2D eigenvalue weighted by Gasteiger charge is -2.08. The first-order valence-corrected chi connectivity index (χ1v) is 5.60. The van der Waals surface area contributed by atoms with Crippen LogP contribution in [-0.4, -0.2) is 19.0 Å². The molecular formula is C11H17ClN4. The predicted octanol–water partition coefficient (Wildman–Crippen LogP) is 1.59. The van der Waals surface area contributed by atoms with E-state index in [1.807, 2.05) is 25.1 Å². The van der Waals surface area contributed by atoms with Crippen LogP contribution < -0.4 is 16.8 Å². The Morgan fingerprint density at radius 3 is 2.81 bits per heavy atom. The summed E-state index contributed by atoms with van der Waals surface area (Å²) in [7, 11) is 0. The number of halogens is 1. The normalized spacial score (nSPS) is 11.6. The topological polar surface area (TPSA) is 76.4 Å². The molecule has 5 heteroatoms. The fourth-order valence-corrected chi connectivity index (χ4v) is 1.62. The van der Waals surface area contributed by atoms with Crippen LogP contribution in [0.4, 0.5) is 5.69 Å². The molecule has 0 aliphatic carbocycles. The number of nitrogens with two attached hydrogens (primary N) is 2. The molecule has 0 aliphatic rings. The molecule has 16 heavy (non-hydrogen) atoms. The van der Waals surface area contributed by atoms with Crippen LogP contribution in [0.1, 0.15) is 12.5 Å². The number of guanidine groups is 1. The van der Waals surface area contributed by atoms with Gasteiger partial charge in [-0.1, -0.05) is 17.7 Å². The summed E-state index contributed by atoms with van der Waals surface area (Å²) < 4.78 is 0. The van der Waals surface area contributed by atoms with Gasteiger partial charge in [-0.2, -0.15) is 0 Å². The molecule has 1 aromatic rings. The van der Waals surface area contributed by atoms with E-state index in [1.165, 1.54) is 0 Å². The summed E-state index contributed by atoms with van der Waals surface area (Å²) in [5.41, 5.74) is 13.0. The number of anilines is 1. The van der Waals surface area contributed by atoms with Crippen molar-refractivity contribution in [1.29, 1.82) is 0 Å². The van der Waals surface area contributed by atoms with E-state index in [9.17, 15) is 0 Å². The van der Waals surface area contributed by atoms with Crippen molar-refractivity contribution in [3.63, 3.8) is 0 Å². The van der Waals surface area contributed by atoms with Gasteiger partial charge in [0.05, 0.1) is 0 Å². The molecule has 0 saturated heterocycles. The van der Waals surface area contributed by atoms with Crippen molar-refractivity contribution in [1.82, 2.24) is 0 Å². The molecule has 0 bridgehead atoms. The van der Waals surface area contributed by atoms with Crippen LogP contribution in [0.25, 0.3) is 0 Å². The molecule has 0 amide bonds. The van der Waals surface area contributed by atoms with Gasteiger partial charge in [0.2, 0.25) is 0 Å². The molecule has 0 atom stereocenters. The van der Waals surface area contributed by atoms with Gasteiger partial charge in [0.25, 0.3) is 0 Å². The van der Waals surface area contributed by atoms with E-state index in [1.54, 1.807) is 0 Å². The van der Waals surface area contributed by atoms with Gasteiger partial charge in [-0.15, -0.1) is 0 Å². The van der Waals surface area contributed by atoms with Gasteiger partial charge in [-0.05, 0) is 37.6 Å². The minimum atomic E-state index is 0.394. The quantitative estimate of drug-likeness (QED) is 0.553. The molecule has 4 nitrogen and oxygen atoms in total. The molecule has 1 rings (SSSR count). The fourth-order valence-electron chi connectivity index (χ4n) is 1.34. The van der Waals surface area contributed by atoms with Crippen LogP contribution in [0.5, 0.6) is 0 Å². The van der Waals surface area contributed by atoms with Gasteiger partial charge in [0.15, 0.2) is 5.96 Å². The molecule has 0 spiro atoms. The SMILES string of the molecule is CCN=C(N)Nc1ccc(CCN)c(Cl)c1. The zero-order valence-corrected chi connectivity index (χ0v) is 10.1. The summed E-state index contributed by atoms with van der Waals surface area (Å²) in [6.45, 7) is 3.16. The average molecular weight is 241 g/mol. The van der Waals surface area contributed by atoms with Crippen LogP contribution >= 0.6 is 11.6 Å².